The first-order valence-corrected chi connectivity index (χ1v) is 7.52. The summed E-state index contributed by atoms with van der Waals surface area (Å²) < 4.78 is 0.513. The Morgan fingerprint density at radius 2 is 1.80 bits per heavy atom. The Morgan fingerprint density at radius 3 is 2.30 bits per heavy atom. The third-order valence-electron chi connectivity index (χ3n) is 3.21. The molecule has 106 valence electrons. The van der Waals surface area contributed by atoms with Gasteiger partial charge in [-0.05, 0) is 27.9 Å². The maximum Gasteiger partial charge on any atom is 0.265 e. The Morgan fingerprint density at radius 1 is 1.20 bits per heavy atom. The molecule has 1 N–H and O–H groups in total. The zero-order valence-electron chi connectivity index (χ0n) is 12.2. The second-order valence-corrected chi connectivity index (χ2v) is 6.67. The molecule has 0 spiro atoms. The summed E-state index contributed by atoms with van der Waals surface area (Å²) in [5, 5.41) is 0. The maximum atomic E-state index is 12.1. The molecule has 1 aromatic heterocycles. The van der Waals surface area contributed by atoms with Crippen molar-refractivity contribution in [1.29, 1.82) is 0 Å². The summed E-state index contributed by atoms with van der Waals surface area (Å²) in [6.45, 7) is 8.25. The topological polar surface area (TPSA) is 45.8 Å². The van der Waals surface area contributed by atoms with Gasteiger partial charge in [0, 0.05) is 11.0 Å². The number of H-pyrrole nitrogens is 1. The monoisotopic (exact) mass is 334 g/mol. The molecule has 0 aliphatic carbocycles. The van der Waals surface area contributed by atoms with Gasteiger partial charge in [0.2, 0.25) is 0 Å². The minimum absolute atomic E-state index is 0.139. The molecule has 0 aliphatic heterocycles. The largest absolute Gasteiger partial charge is 0.306 e. The van der Waals surface area contributed by atoms with Crippen LogP contribution in [0.1, 0.15) is 39.0 Å². The van der Waals surface area contributed by atoms with Crippen LogP contribution >= 0.6 is 15.9 Å². The maximum absolute atomic E-state index is 12.1. The van der Waals surface area contributed by atoms with E-state index in [1.54, 1.807) is 0 Å². The van der Waals surface area contributed by atoms with Crippen LogP contribution in [0.2, 0.25) is 0 Å². The van der Waals surface area contributed by atoms with Crippen LogP contribution in [0.3, 0.4) is 0 Å². The molecule has 0 fully saturated rings. The highest BCUT2D eigenvalue weighted by Crippen LogP contribution is 2.27. The van der Waals surface area contributed by atoms with E-state index in [9.17, 15) is 4.79 Å². The van der Waals surface area contributed by atoms with Crippen LogP contribution in [0.25, 0.3) is 11.4 Å². The first-order chi connectivity index (χ1) is 9.32. The van der Waals surface area contributed by atoms with Gasteiger partial charge in [0.15, 0.2) is 0 Å². The number of aromatic nitrogens is 2. The number of benzene rings is 1. The van der Waals surface area contributed by atoms with Crippen molar-refractivity contribution in [2.45, 2.75) is 39.5 Å². The fourth-order valence-electron chi connectivity index (χ4n) is 1.99. The summed E-state index contributed by atoms with van der Waals surface area (Å²) >= 11 is 3.34. The smallest absolute Gasteiger partial charge is 0.265 e. The normalized spacial score (nSPS) is 11.7. The zero-order valence-corrected chi connectivity index (χ0v) is 13.8. The van der Waals surface area contributed by atoms with Gasteiger partial charge in [-0.1, -0.05) is 52.0 Å². The molecule has 0 atom stereocenters. The fraction of sp³-hybridized carbons (Fsp3) is 0.375. The molecule has 0 saturated heterocycles. The van der Waals surface area contributed by atoms with Gasteiger partial charge in [0.05, 0.1) is 5.69 Å². The van der Waals surface area contributed by atoms with Crippen LogP contribution in [0.15, 0.2) is 33.5 Å². The second kappa shape index (κ2) is 5.52. The highest BCUT2D eigenvalue weighted by Gasteiger charge is 2.22. The van der Waals surface area contributed by atoms with Gasteiger partial charge in [0.25, 0.3) is 5.56 Å². The van der Waals surface area contributed by atoms with E-state index in [1.165, 1.54) is 5.56 Å². The lowest BCUT2D eigenvalue weighted by atomic mass is 9.92. The summed E-state index contributed by atoms with van der Waals surface area (Å²) in [6, 6.07) is 8.12. The lowest BCUT2D eigenvalue weighted by Crippen LogP contribution is -2.22. The molecule has 0 amide bonds. The van der Waals surface area contributed by atoms with Crippen LogP contribution < -0.4 is 5.56 Å². The predicted molar refractivity (Wildman–Crippen MR) is 86.1 cm³/mol. The molecule has 0 unspecified atom stereocenters. The Bertz CT molecular complexity index is 666. The predicted octanol–water partition coefficient (Wildman–Crippen LogP) is 4.06. The average Bonchev–Trinajstić information content (AvgIpc) is 2.40. The number of hydrogen-bond acceptors (Lipinski definition) is 2. The number of nitrogens with zero attached hydrogens (tertiary/aromatic N) is 1. The van der Waals surface area contributed by atoms with Crippen molar-refractivity contribution in [2.24, 2.45) is 0 Å². The van der Waals surface area contributed by atoms with E-state index in [2.05, 4.69) is 45.0 Å². The van der Waals surface area contributed by atoms with Gasteiger partial charge in [-0.25, -0.2) is 4.98 Å². The van der Waals surface area contributed by atoms with Crippen molar-refractivity contribution in [3.63, 3.8) is 0 Å². The SMILES string of the molecule is CCc1ccc(-c2nc(C(C)(C)C)c(Br)c(=O)[nH]2)cc1. The molecular formula is C16H19BrN2O. The summed E-state index contributed by atoms with van der Waals surface area (Å²) in [4.78, 5) is 19.5. The van der Waals surface area contributed by atoms with Gasteiger partial charge in [-0.3, -0.25) is 4.79 Å². The summed E-state index contributed by atoms with van der Waals surface area (Å²) in [6.07, 6.45) is 0.998. The zero-order chi connectivity index (χ0) is 14.9. The third-order valence-corrected chi connectivity index (χ3v) is 3.94. The molecule has 2 rings (SSSR count). The molecule has 1 heterocycles. The van der Waals surface area contributed by atoms with Gasteiger partial charge in [-0.15, -0.1) is 0 Å². The first kappa shape index (κ1) is 15.0. The van der Waals surface area contributed by atoms with E-state index < -0.39 is 0 Å². The average molecular weight is 335 g/mol. The number of aromatic amines is 1. The van der Waals surface area contributed by atoms with E-state index in [-0.39, 0.29) is 11.0 Å². The highest BCUT2D eigenvalue weighted by atomic mass is 79.9. The Hall–Kier alpha value is -1.42. The number of aryl methyl sites for hydroxylation is 1. The Labute approximate surface area is 127 Å². The van der Waals surface area contributed by atoms with Gasteiger partial charge in [-0.2, -0.15) is 0 Å². The second-order valence-electron chi connectivity index (χ2n) is 5.88. The van der Waals surface area contributed by atoms with Crippen molar-refractivity contribution in [3.8, 4) is 11.4 Å². The van der Waals surface area contributed by atoms with E-state index in [1.807, 2.05) is 32.9 Å². The Balaban J connectivity index is 2.57. The van der Waals surface area contributed by atoms with Gasteiger partial charge >= 0.3 is 0 Å². The number of rotatable bonds is 2. The molecular weight excluding hydrogens is 316 g/mol. The first-order valence-electron chi connectivity index (χ1n) is 6.72. The molecule has 0 aliphatic rings. The lowest BCUT2D eigenvalue weighted by molar-refractivity contribution is 0.562. The molecule has 2 aromatic rings. The minimum Gasteiger partial charge on any atom is -0.306 e. The van der Waals surface area contributed by atoms with Gasteiger partial charge < -0.3 is 4.98 Å². The number of halogens is 1. The summed E-state index contributed by atoms with van der Waals surface area (Å²) in [7, 11) is 0. The van der Waals surface area contributed by atoms with E-state index in [0.717, 1.165) is 17.7 Å². The van der Waals surface area contributed by atoms with Crippen LogP contribution in [-0.2, 0) is 11.8 Å². The quantitative estimate of drug-likeness (QED) is 0.900. The van der Waals surface area contributed by atoms with E-state index in [4.69, 9.17) is 0 Å². The standard InChI is InChI=1S/C16H19BrN2O/c1-5-10-6-8-11(9-7-10)14-18-13(16(2,3)4)12(17)15(20)19-14/h6-9H,5H2,1-4H3,(H,18,19,20). The molecule has 0 radical (unpaired) electrons. The van der Waals surface area contributed by atoms with E-state index >= 15 is 0 Å². The summed E-state index contributed by atoms with van der Waals surface area (Å²) in [5.74, 6) is 0.616. The molecule has 4 heteroatoms. The highest BCUT2D eigenvalue weighted by molar-refractivity contribution is 9.10. The molecule has 0 saturated carbocycles. The third kappa shape index (κ3) is 3.01. The van der Waals surface area contributed by atoms with Crippen LogP contribution in [0, 0.1) is 0 Å². The van der Waals surface area contributed by atoms with Crippen molar-refractivity contribution >= 4 is 15.9 Å². The van der Waals surface area contributed by atoms with E-state index in [0.29, 0.717) is 10.3 Å². The van der Waals surface area contributed by atoms with Crippen molar-refractivity contribution in [3.05, 3.63) is 50.3 Å². The van der Waals surface area contributed by atoms with Crippen LogP contribution in [0.4, 0.5) is 0 Å². The fourth-order valence-corrected chi connectivity index (χ4v) is 2.77. The van der Waals surface area contributed by atoms with Crippen molar-refractivity contribution in [2.75, 3.05) is 0 Å². The lowest BCUT2D eigenvalue weighted by Gasteiger charge is -2.19. The van der Waals surface area contributed by atoms with Crippen LogP contribution in [0.5, 0.6) is 0 Å². The van der Waals surface area contributed by atoms with Crippen molar-refractivity contribution in [1.82, 2.24) is 9.97 Å². The van der Waals surface area contributed by atoms with Crippen LogP contribution in [-0.4, -0.2) is 9.97 Å². The number of nitrogens with one attached hydrogen (secondary N) is 1. The van der Waals surface area contributed by atoms with Gasteiger partial charge in [0.1, 0.15) is 10.3 Å². The molecule has 0 bridgehead atoms. The molecule has 20 heavy (non-hydrogen) atoms. The Kier molecular flexibility index (Phi) is 4.14. The molecule has 1 aromatic carbocycles. The number of hydrogen-bond donors (Lipinski definition) is 1. The minimum atomic E-state index is -0.189. The van der Waals surface area contributed by atoms with Crippen molar-refractivity contribution < 1.29 is 0 Å². The molecule has 3 nitrogen and oxygen atoms in total. The summed E-state index contributed by atoms with van der Waals surface area (Å²) in [5.41, 5.74) is 2.64.